The van der Waals surface area contributed by atoms with E-state index in [4.69, 9.17) is 0 Å². The number of hydrogen-bond acceptors (Lipinski definition) is 8. The van der Waals surface area contributed by atoms with Gasteiger partial charge in [0.05, 0.1) is 18.0 Å². The molecule has 2 saturated heterocycles. The van der Waals surface area contributed by atoms with Crippen LogP contribution in [0.5, 0.6) is 0 Å². The van der Waals surface area contributed by atoms with Crippen LogP contribution in [0.4, 0.5) is 33.6 Å². The van der Waals surface area contributed by atoms with Crippen molar-refractivity contribution < 1.29 is 30.4 Å². The molecule has 0 saturated carbocycles. The van der Waals surface area contributed by atoms with Crippen LogP contribution in [0.2, 0.25) is 0 Å². The number of hydrogen-bond donors (Lipinski definition) is 1. The molecule has 0 bridgehead atoms. The summed E-state index contributed by atoms with van der Waals surface area (Å²) in [5.74, 6) is -0.592. The summed E-state index contributed by atoms with van der Waals surface area (Å²) in [5, 5.41) is 2.71. The summed E-state index contributed by atoms with van der Waals surface area (Å²) >= 11 is 0. The molecule has 4 heterocycles. The van der Waals surface area contributed by atoms with Gasteiger partial charge in [-0.2, -0.15) is 17.5 Å². The molecular weight excluding hydrogens is 607 g/mol. The fourth-order valence-electron chi connectivity index (χ4n) is 5.72. The minimum atomic E-state index is -4.83. The Morgan fingerprint density at radius 1 is 1.07 bits per heavy atom. The Morgan fingerprint density at radius 3 is 2.36 bits per heavy atom. The molecule has 44 heavy (non-hydrogen) atoms. The maximum atomic E-state index is 15.4. The summed E-state index contributed by atoms with van der Waals surface area (Å²) in [6.07, 6.45) is -1.67. The highest BCUT2D eigenvalue weighted by Gasteiger charge is 2.38. The summed E-state index contributed by atoms with van der Waals surface area (Å²) < 4.78 is 98.2. The van der Waals surface area contributed by atoms with Gasteiger partial charge in [-0.3, -0.25) is 0 Å². The number of piperidine rings is 2. The van der Waals surface area contributed by atoms with Crippen LogP contribution >= 0.6 is 0 Å². The molecule has 10 nitrogen and oxygen atoms in total. The molecule has 0 radical (unpaired) electrons. The van der Waals surface area contributed by atoms with E-state index < -0.39 is 52.0 Å². The number of nitrogens with zero attached hydrogens (tertiary/aromatic N) is 7. The van der Waals surface area contributed by atoms with Crippen molar-refractivity contribution in [2.24, 2.45) is 0 Å². The molecular formula is C28H35F5N8O2S. The molecule has 5 rings (SSSR count). The number of imidazole rings is 1. The second kappa shape index (κ2) is 12.2. The molecule has 0 aliphatic carbocycles. The van der Waals surface area contributed by atoms with Crippen molar-refractivity contribution in [3.63, 3.8) is 0 Å². The van der Waals surface area contributed by atoms with E-state index in [0.717, 1.165) is 42.2 Å². The molecule has 0 unspecified atom stereocenters. The van der Waals surface area contributed by atoms with E-state index in [2.05, 4.69) is 30.1 Å². The molecule has 240 valence electrons. The van der Waals surface area contributed by atoms with Gasteiger partial charge in [0.15, 0.2) is 0 Å². The van der Waals surface area contributed by atoms with E-state index in [-0.39, 0.29) is 36.1 Å². The van der Waals surface area contributed by atoms with Crippen LogP contribution < -0.4 is 10.2 Å². The maximum absolute atomic E-state index is 15.4. The third-order valence-corrected chi connectivity index (χ3v) is 9.53. The Labute approximate surface area is 253 Å². The van der Waals surface area contributed by atoms with Gasteiger partial charge in [0.2, 0.25) is 16.0 Å². The molecule has 0 amide bonds. The lowest BCUT2D eigenvalue weighted by atomic mass is 10.0. The first-order valence-electron chi connectivity index (χ1n) is 14.2. The molecule has 2 aromatic heterocycles. The Balaban J connectivity index is 1.40. The van der Waals surface area contributed by atoms with Gasteiger partial charge in [-0.05, 0) is 58.5 Å². The maximum Gasteiger partial charge on any atom is 0.420 e. The third-order valence-electron chi connectivity index (χ3n) is 8.26. The first-order valence-corrected chi connectivity index (χ1v) is 16.0. The lowest BCUT2D eigenvalue weighted by Gasteiger charge is -2.36. The van der Waals surface area contributed by atoms with Gasteiger partial charge in [-0.25, -0.2) is 32.2 Å². The summed E-state index contributed by atoms with van der Waals surface area (Å²) in [4.78, 5) is 16.4. The monoisotopic (exact) mass is 642 g/mol. The molecule has 16 heteroatoms. The molecule has 2 aliphatic rings. The minimum absolute atomic E-state index is 0.0345. The number of aryl methyl sites for hydroxylation is 1. The van der Waals surface area contributed by atoms with Gasteiger partial charge in [0.1, 0.15) is 34.8 Å². The highest BCUT2D eigenvalue weighted by molar-refractivity contribution is 7.88. The Kier molecular flexibility index (Phi) is 8.88. The van der Waals surface area contributed by atoms with Gasteiger partial charge in [-0.1, -0.05) is 0 Å². The number of nitrogens with one attached hydrogen (secondary N) is 1. The summed E-state index contributed by atoms with van der Waals surface area (Å²) in [7, 11) is 0.489. The number of benzene rings is 1. The van der Waals surface area contributed by atoms with Crippen molar-refractivity contribution in [2.75, 3.05) is 56.7 Å². The molecule has 2 aliphatic heterocycles. The van der Waals surface area contributed by atoms with Crippen molar-refractivity contribution in [3.8, 4) is 17.1 Å². The quantitative estimate of drug-likeness (QED) is 0.385. The van der Waals surface area contributed by atoms with Crippen LogP contribution in [0.15, 0.2) is 30.6 Å². The predicted molar refractivity (Wildman–Crippen MR) is 157 cm³/mol. The lowest BCUT2D eigenvalue weighted by molar-refractivity contribution is -0.137. The topological polar surface area (TPSA) is 99.5 Å². The van der Waals surface area contributed by atoms with Crippen molar-refractivity contribution in [2.45, 2.75) is 50.6 Å². The zero-order valence-electron chi connectivity index (χ0n) is 24.8. The van der Waals surface area contributed by atoms with Gasteiger partial charge >= 0.3 is 6.18 Å². The van der Waals surface area contributed by atoms with Gasteiger partial charge in [0, 0.05) is 50.3 Å². The second-order valence-electron chi connectivity index (χ2n) is 11.5. The second-order valence-corrected chi connectivity index (χ2v) is 13.5. The minimum Gasteiger partial charge on any atom is -0.371 e. The Hall–Kier alpha value is -3.37. The van der Waals surface area contributed by atoms with Crippen LogP contribution in [-0.2, 0) is 16.2 Å². The normalized spacial score (nSPS) is 20.8. The molecule has 2 fully saturated rings. The number of sulfonamides is 1. The highest BCUT2D eigenvalue weighted by Crippen LogP contribution is 2.37. The largest absolute Gasteiger partial charge is 0.420 e. The first-order chi connectivity index (χ1) is 20.6. The lowest BCUT2D eigenvalue weighted by Crippen LogP contribution is -2.49. The first kappa shape index (κ1) is 32.0. The van der Waals surface area contributed by atoms with Crippen LogP contribution in [0.25, 0.3) is 17.1 Å². The number of aromatic nitrogens is 4. The molecule has 0 spiro atoms. The number of halogens is 5. The van der Waals surface area contributed by atoms with E-state index in [1.165, 1.54) is 16.8 Å². The summed E-state index contributed by atoms with van der Waals surface area (Å²) in [5.41, 5.74) is -1.04. The van der Waals surface area contributed by atoms with Crippen LogP contribution in [-0.4, -0.2) is 102 Å². The van der Waals surface area contributed by atoms with Crippen LogP contribution in [0, 0.1) is 12.7 Å². The average Bonchev–Trinajstić information content (AvgIpc) is 3.34. The average molecular weight is 643 g/mol. The third kappa shape index (κ3) is 6.81. The Bertz CT molecular complexity index is 1610. The highest BCUT2D eigenvalue weighted by atomic mass is 32.2. The van der Waals surface area contributed by atoms with E-state index in [1.807, 2.05) is 14.1 Å². The number of rotatable bonds is 7. The van der Waals surface area contributed by atoms with Crippen molar-refractivity contribution in [1.29, 1.82) is 0 Å². The molecule has 3 aromatic rings. The molecule has 2 atom stereocenters. The van der Waals surface area contributed by atoms with Crippen molar-refractivity contribution in [3.05, 3.63) is 47.8 Å². The van der Waals surface area contributed by atoms with Gasteiger partial charge in [-0.15, -0.1) is 0 Å². The van der Waals surface area contributed by atoms with Crippen molar-refractivity contribution in [1.82, 2.24) is 28.7 Å². The standard InChI is InChI=1S/C28H35F5N8O2S/c1-17-35-24(16-41(17)25-6-5-19(13-21(25)29)39-10-7-18(8-11-39)38(2)3)26-20(28(31,32)33)14-34-27(37-26)36-23-9-12-40(15-22(23)30)44(4,42)43/h5-6,13-14,16,18,22-23H,7-12,15H2,1-4H3,(H,34,36,37)/t22-,23+/m1/s1. The molecule has 1 aromatic carbocycles. The summed E-state index contributed by atoms with van der Waals surface area (Å²) in [6, 6.07) is 4.32. The fraction of sp³-hybridized carbons (Fsp3) is 0.536. The van der Waals surface area contributed by atoms with Crippen LogP contribution in [0.3, 0.4) is 0 Å². The van der Waals surface area contributed by atoms with Gasteiger partial charge in [0.25, 0.3) is 0 Å². The SMILES string of the molecule is Cc1nc(-c2nc(N[C@H]3CCN(S(C)(=O)=O)C[C@H]3F)ncc2C(F)(F)F)cn1-c1ccc(N2CCC(N(C)C)CC2)cc1F. The smallest absolute Gasteiger partial charge is 0.371 e. The van der Waals surface area contributed by atoms with Gasteiger partial charge < -0.3 is 19.7 Å². The zero-order valence-corrected chi connectivity index (χ0v) is 25.6. The Morgan fingerprint density at radius 2 is 1.77 bits per heavy atom. The predicted octanol–water partition coefficient (Wildman–Crippen LogP) is 4.11. The number of alkyl halides is 4. The van der Waals surface area contributed by atoms with E-state index in [1.54, 1.807) is 19.1 Å². The fourth-order valence-corrected chi connectivity index (χ4v) is 6.57. The van der Waals surface area contributed by atoms with Crippen molar-refractivity contribution >= 4 is 21.7 Å². The van der Waals surface area contributed by atoms with E-state index in [9.17, 15) is 26.0 Å². The van der Waals surface area contributed by atoms with E-state index in [0.29, 0.717) is 12.2 Å². The zero-order chi connectivity index (χ0) is 32.0. The molecule has 1 N–H and O–H groups in total. The van der Waals surface area contributed by atoms with Crippen LogP contribution in [0.1, 0.15) is 30.7 Å². The van der Waals surface area contributed by atoms with E-state index >= 15 is 4.39 Å². The number of anilines is 2. The summed E-state index contributed by atoms with van der Waals surface area (Å²) in [6.45, 7) is 2.74.